The van der Waals surface area contributed by atoms with Crippen molar-refractivity contribution in [1.29, 1.82) is 0 Å². The fourth-order valence-electron chi connectivity index (χ4n) is 3.82. The third-order valence-electron chi connectivity index (χ3n) is 5.59. The van der Waals surface area contributed by atoms with Gasteiger partial charge >= 0.3 is 0 Å². The van der Waals surface area contributed by atoms with Crippen molar-refractivity contribution < 1.29 is 17.9 Å². The number of hydrogen-bond acceptors (Lipinski definition) is 4. The van der Waals surface area contributed by atoms with Gasteiger partial charge in [0, 0.05) is 25.3 Å². The minimum Gasteiger partial charge on any atom is -0.457 e. The van der Waals surface area contributed by atoms with Gasteiger partial charge < -0.3 is 9.64 Å². The molecule has 2 aromatic carbocycles. The Bertz CT molecular complexity index is 951. The van der Waals surface area contributed by atoms with E-state index in [-0.39, 0.29) is 11.8 Å². The van der Waals surface area contributed by atoms with Crippen molar-refractivity contribution in [3.05, 3.63) is 60.2 Å². The summed E-state index contributed by atoms with van der Waals surface area (Å²) in [5.74, 6) is 1.52. The summed E-state index contributed by atoms with van der Waals surface area (Å²) in [7, 11) is -3.36. The third kappa shape index (κ3) is 3.46. The number of ether oxygens (including phenoxy) is 1. The van der Waals surface area contributed by atoms with Crippen LogP contribution in [0.1, 0.15) is 30.7 Å². The van der Waals surface area contributed by atoms with Gasteiger partial charge in [-0.05, 0) is 49.1 Å². The summed E-state index contributed by atoms with van der Waals surface area (Å²) in [5.41, 5.74) is 1.11. The number of hydrogen-bond donors (Lipinski definition) is 0. The maximum Gasteiger partial charge on any atom is 0.244 e. The molecule has 0 aromatic heterocycles. The van der Waals surface area contributed by atoms with E-state index in [4.69, 9.17) is 4.74 Å². The number of rotatable bonds is 5. The average Bonchev–Trinajstić information content (AvgIpc) is 3.33. The van der Waals surface area contributed by atoms with E-state index in [1.807, 2.05) is 54.6 Å². The Balaban J connectivity index is 1.46. The first-order valence-electron chi connectivity index (χ1n) is 9.21. The van der Waals surface area contributed by atoms with E-state index in [2.05, 4.69) is 0 Å². The topological polar surface area (TPSA) is 63.7 Å². The van der Waals surface area contributed by atoms with Crippen LogP contribution in [0.5, 0.6) is 11.5 Å². The second-order valence-electron chi connectivity index (χ2n) is 7.49. The van der Waals surface area contributed by atoms with E-state index in [9.17, 15) is 13.2 Å². The van der Waals surface area contributed by atoms with Gasteiger partial charge in [0.2, 0.25) is 5.91 Å². The molecule has 2 aromatic rings. The van der Waals surface area contributed by atoms with Crippen LogP contribution in [0, 0.1) is 0 Å². The van der Waals surface area contributed by atoms with Crippen LogP contribution < -0.4 is 4.74 Å². The highest BCUT2D eigenvalue weighted by Gasteiger charge is 2.60. The lowest BCUT2D eigenvalue weighted by Gasteiger charge is -2.22. The predicted octanol–water partition coefficient (Wildman–Crippen LogP) is 3.37. The molecule has 4 rings (SSSR count). The van der Waals surface area contributed by atoms with Crippen LogP contribution in [0.25, 0.3) is 0 Å². The molecule has 27 heavy (non-hydrogen) atoms. The zero-order valence-corrected chi connectivity index (χ0v) is 16.1. The number of carbonyl (C=O) groups excluding carboxylic acids is 1. The normalized spacial score (nSPS) is 21.1. The molecule has 1 amide bonds. The summed E-state index contributed by atoms with van der Waals surface area (Å²) >= 11 is 0. The van der Waals surface area contributed by atoms with Crippen molar-refractivity contribution in [1.82, 2.24) is 4.90 Å². The second kappa shape index (κ2) is 6.68. The number of sulfone groups is 1. The smallest absolute Gasteiger partial charge is 0.244 e. The number of likely N-dealkylation sites (tertiary alicyclic amines) is 1. The van der Waals surface area contributed by atoms with Crippen LogP contribution >= 0.6 is 0 Å². The molecule has 1 aliphatic heterocycles. The molecule has 5 nitrogen and oxygen atoms in total. The van der Waals surface area contributed by atoms with Gasteiger partial charge in [-0.2, -0.15) is 0 Å². The first-order valence-corrected chi connectivity index (χ1v) is 11.1. The maximum atomic E-state index is 12.8. The lowest BCUT2D eigenvalue weighted by atomic mass is 9.98. The molecule has 1 saturated heterocycles. The van der Waals surface area contributed by atoms with Crippen molar-refractivity contribution in [3.63, 3.8) is 0 Å². The summed E-state index contributed by atoms with van der Waals surface area (Å²) in [5, 5.41) is 0. The van der Waals surface area contributed by atoms with E-state index in [0.717, 1.165) is 23.5 Å². The maximum absolute atomic E-state index is 12.8. The first kappa shape index (κ1) is 18.0. The van der Waals surface area contributed by atoms with Gasteiger partial charge in [0.05, 0.1) is 0 Å². The van der Waals surface area contributed by atoms with Crippen LogP contribution in [0.2, 0.25) is 0 Å². The number of benzene rings is 2. The third-order valence-corrected chi connectivity index (χ3v) is 7.59. The summed E-state index contributed by atoms with van der Waals surface area (Å²) in [4.78, 5) is 14.5. The minimum atomic E-state index is -3.36. The largest absolute Gasteiger partial charge is 0.457 e. The van der Waals surface area contributed by atoms with Gasteiger partial charge in [0.25, 0.3) is 0 Å². The Kier molecular flexibility index (Phi) is 4.46. The van der Waals surface area contributed by atoms with Gasteiger partial charge in [-0.3, -0.25) is 4.79 Å². The Morgan fingerprint density at radius 3 is 2.44 bits per heavy atom. The summed E-state index contributed by atoms with van der Waals surface area (Å²) in [6, 6.07) is 17.5. The highest BCUT2D eigenvalue weighted by Crippen LogP contribution is 2.46. The number of carbonyl (C=O) groups is 1. The monoisotopic (exact) mass is 385 g/mol. The highest BCUT2D eigenvalue weighted by atomic mass is 32.2. The summed E-state index contributed by atoms with van der Waals surface area (Å²) < 4.78 is 28.8. The van der Waals surface area contributed by atoms with Crippen molar-refractivity contribution in [2.45, 2.75) is 29.9 Å². The number of para-hydroxylation sites is 1. The average molecular weight is 385 g/mol. The van der Waals surface area contributed by atoms with Crippen molar-refractivity contribution >= 4 is 15.7 Å². The van der Waals surface area contributed by atoms with E-state index in [1.54, 1.807) is 4.90 Å². The number of amides is 1. The minimum absolute atomic E-state index is 0.198. The Morgan fingerprint density at radius 2 is 1.78 bits per heavy atom. The van der Waals surface area contributed by atoms with Gasteiger partial charge in [0.1, 0.15) is 11.5 Å². The summed E-state index contributed by atoms with van der Waals surface area (Å²) in [6.07, 6.45) is 2.91. The first-order chi connectivity index (χ1) is 12.9. The highest BCUT2D eigenvalue weighted by molar-refractivity contribution is 7.93. The molecule has 2 fully saturated rings. The number of nitrogens with zero attached hydrogens (tertiary/aromatic N) is 1. The molecule has 1 atom stereocenters. The van der Waals surface area contributed by atoms with E-state index >= 15 is 0 Å². The predicted molar refractivity (Wildman–Crippen MR) is 104 cm³/mol. The zero-order valence-electron chi connectivity index (χ0n) is 15.3. The van der Waals surface area contributed by atoms with Crippen molar-refractivity contribution in [2.24, 2.45) is 0 Å². The van der Waals surface area contributed by atoms with Gasteiger partial charge in [-0.1, -0.05) is 30.3 Å². The SMILES string of the molecule is CS(=O)(=O)C1(C(=O)N2CCC(c3cccc(Oc4ccccc4)c3)C2)CC1. The fourth-order valence-corrected chi connectivity index (χ4v) is 5.11. The zero-order chi connectivity index (χ0) is 19.1. The van der Waals surface area contributed by atoms with Gasteiger partial charge in [-0.15, -0.1) is 0 Å². The van der Waals surface area contributed by atoms with E-state index < -0.39 is 14.6 Å². The van der Waals surface area contributed by atoms with E-state index in [0.29, 0.717) is 25.9 Å². The molecule has 1 unspecified atom stereocenters. The molecule has 0 N–H and O–H groups in total. The molecular weight excluding hydrogens is 362 g/mol. The standard InChI is InChI=1S/C21H23NO4S/c1-27(24,25)21(11-12-21)20(23)22-13-10-17(15-22)16-6-5-9-19(14-16)26-18-7-3-2-4-8-18/h2-9,14,17H,10-13,15H2,1H3. The summed E-state index contributed by atoms with van der Waals surface area (Å²) in [6.45, 7) is 1.16. The lowest BCUT2D eigenvalue weighted by Crippen LogP contribution is -2.43. The van der Waals surface area contributed by atoms with Gasteiger partial charge in [-0.25, -0.2) is 8.42 Å². The molecule has 0 bridgehead atoms. The molecule has 2 aliphatic rings. The van der Waals surface area contributed by atoms with Crippen molar-refractivity contribution in [2.75, 3.05) is 19.3 Å². The van der Waals surface area contributed by atoms with Crippen LogP contribution in [0.4, 0.5) is 0 Å². The van der Waals surface area contributed by atoms with Crippen LogP contribution in [-0.4, -0.2) is 43.3 Å². The lowest BCUT2D eigenvalue weighted by molar-refractivity contribution is -0.130. The van der Waals surface area contributed by atoms with Gasteiger partial charge in [0.15, 0.2) is 14.6 Å². The molecule has 0 radical (unpaired) electrons. The van der Waals surface area contributed by atoms with Crippen LogP contribution in [0.15, 0.2) is 54.6 Å². The van der Waals surface area contributed by atoms with Crippen molar-refractivity contribution in [3.8, 4) is 11.5 Å². The Labute approximate surface area is 159 Å². The molecular formula is C21H23NO4S. The quantitative estimate of drug-likeness (QED) is 0.792. The second-order valence-corrected chi connectivity index (χ2v) is 9.82. The molecule has 1 saturated carbocycles. The molecule has 1 aliphatic carbocycles. The molecule has 1 heterocycles. The van der Waals surface area contributed by atoms with E-state index in [1.165, 1.54) is 6.26 Å². The Hall–Kier alpha value is -2.34. The molecule has 6 heteroatoms. The van der Waals surface area contributed by atoms with Crippen LogP contribution in [-0.2, 0) is 14.6 Å². The molecule has 0 spiro atoms. The Morgan fingerprint density at radius 1 is 1.07 bits per heavy atom. The fraction of sp³-hybridized carbons (Fsp3) is 0.381. The van der Waals surface area contributed by atoms with Crippen LogP contribution in [0.3, 0.4) is 0 Å². The molecule has 142 valence electrons.